The Morgan fingerprint density at radius 2 is 0.639 bits per heavy atom. The van der Waals surface area contributed by atoms with Crippen LogP contribution in [0.4, 0.5) is 0 Å². The van der Waals surface area contributed by atoms with Crippen LogP contribution in [0.25, 0.3) is 0 Å². The Labute approximate surface area is 382 Å². The lowest BCUT2D eigenvalue weighted by Crippen LogP contribution is -2.48. The minimum Gasteiger partial charge on any atom is -0.394 e. The summed E-state index contributed by atoms with van der Waals surface area (Å²) >= 11 is 0. The van der Waals surface area contributed by atoms with Crippen LogP contribution in [0, 0.1) is 0 Å². The number of unbranched alkanes of at least 4 members (excludes halogenated alkanes) is 44. The molecule has 0 aliphatic carbocycles. The van der Waals surface area contributed by atoms with Crippen LogP contribution in [0.3, 0.4) is 0 Å². The molecule has 0 rings (SSSR count). The number of hydrogen-bond acceptors (Lipinski definition) is 4. The van der Waals surface area contributed by atoms with Crippen LogP contribution in [-0.2, 0) is 4.79 Å². The van der Waals surface area contributed by atoms with Gasteiger partial charge in [0.05, 0.1) is 18.8 Å². The molecule has 0 aromatic heterocycles. The highest BCUT2D eigenvalue weighted by Gasteiger charge is 2.22. The first-order valence-electron chi connectivity index (χ1n) is 28.0. The number of aliphatic hydroxyl groups is 3. The second-order valence-electron chi connectivity index (χ2n) is 19.5. The van der Waals surface area contributed by atoms with Crippen molar-refractivity contribution in [3.8, 4) is 0 Å². The highest BCUT2D eigenvalue weighted by atomic mass is 16.3. The summed E-state index contributed by atoms with van der Waals surface area (Å²) in [4.78, 5) is 12.5. The van der Waals surface area contributed by atoms with Crippen LogP contribution in [0.1, 0.15) is 316 Å². The Morgan fingerprint density at radius 1 is 0.393 bits per heavy atom. The second-order valence-corrected chi connectivity index (χ2v) is 19.5. The summed E-state index contributed by atoms with van der Waals surface area (Å²) in [7, 11) is 0. The van der Waals surface area contributed by atoms with Gasteiger partial charge in [0, 0.05) is 0 Å². The lowest BCUT2D eigenvalue weighted by Gasteiger charge is -2.21. The highest BCUT2D eigenvalue weighted by Crippen LogP contribution is 2.18. The van der Waals surface area contributed by atoms with Crippen molar-refractivity contribution in [2.24, 2.45) is 0 Å². The van der Waals surface area contributed by atoms with Gasteiger partial charge in [-0.05, 0) is 19.3 Å². The van der Waals surface area contributed by atoms with E-state index in [2.05, 4.69) is 19.2 Å². The number of nitrogens with one attached hydrogen (secondary N) is 1. The molecule has 0 saturated carbocycles. The van der Waals surface area contributed by atoms with Gasteiger partial charge >= 0.3 is 0 Å². The average Bonchev–Trinajstić information content (AvgIpc) is 3.26. The van der Waals surface area contributed by atoms with Crippen LogP contribution in [-0.4, -0.2) is 46.1 Å². The summed E-state index contributed by atoms with van der Waals surface area (Å²) in [5, 5.41) is 33.2. The van der Waals surface area contributed by atoms with E-state index in [9.17, 15) is 20.1 Å². The Hall–Kier alpha value is -0.910. The molecular weight excluding hydrogens is 751 g/mol. The van der Waals surface area contributed by atoms with Crippen molar-refractivity contribution in [2.45, 2.75) is 334 Å². The van der Waals surface area contributed by atoms with Gasteiger partial charge in [0.2, 0.25) is 5.91 Å². The first kappa shape index (κ1) is 60.1. The number of carbonyl (C=O) groups excluding carboxylic acids is 1. The smallest absolute Gasteiger partial charge is 0.249 e. The third-order valence-electron chi connectivity index (χ3n) is 13.4. The van der Waals surface area contributed by atoms with Gasteiger partial charge in [-0.15, -0.1) is 0 Å². The van der Waals surface area contributed by atoms with Crippen molar-refractivity contribution in [1.82, 2.24) is 5.32 Å². The molecule has 0 bridgehead atoms. The third-order valence-corrected chi connectivity index (χ3v) is 13.4. The van der Waals surface area contributed by atoms with E-state index >= 15 is 0 Å². The molecule has 0 saturated heterocycles. The van der Waals surface area contributed by atoms with E-state index in [0.29, 0.717) is 6.42 Å². The zero-order valence-electron chi connectivity index (χ0n) is 41.6. The SMILES string of the molecule is CCCCCCCCCCCCC/C=C/C(O)C(CO)NC(=O)C(O)CCCCCCCCCCCCCCCCCCCCCCCCCCCCCCCCCCCC. The maximum Gasteiger partial charge on any atom is 0.249 e. The van der Waals surface area contributed by atoms with Gasteiger partial charge < -0.3 is 20.6 Å². The summed E-state index contributed by atoms with van der Waals surface area (Å²) in [6, 6.07) is -0.793. The molecule has 0 aromatic carbocycles. The fourth-order valence-corrected chi connectivity index (χ4v) is 9.01. The second kappa shape index (κ2) is 51.7. The maximum absolute atomic E-state index is 12.5. The van der Waals surface area contributed by atoms with E-state index in [4.69, 9.17) is 0 Å². The van der Waals surface area contributed by atoms with Crippen molar-refractivity contribution in [3.05, 3.63) is 12.2 Å². The molecule has 5 nitrogen and oxygen atoms in total. The van der Waals surface area contributed by atoms with Crippen molar-refractivity contribution in [2.75, 3.05) is 6.61 Å². The Kier molecular flexibility index (Phi) is 51.0. The van der Waals surface area contributed by atoms with Gasteiger partial charge in [-0.25, -0.2) is 0 Å². The molecule has 0 fully saturated rings. The van der Waals surface area contributed by atoms with Crippen LogP contribution < -0.4 is 5.32 Å². The van der Waals surface area contributed by atoms with Crippen LogP contribution >= 0.6 is 0 Å². The average molecular weight is 863 g/mol. The van der Waals surface area contributed by atoms with Gasteiger partial charge in [-0.2, -0.15) is 0 Å². The molecule has 3 atom stereocenters. The van der Waals surface area contributed by atoms with E-state index < -0.39 is 24.2 Å². The minimum atomic E-state index is -1.09. The Morgan fingerprint density at radius 3 is 0.902 bits per heavy atom. The van der Waals surface area contributed by atoms with Gasteiger partial charge in [-0.1, -0.05) is 309 Å². The normalized spacial score (nSPS) is 13.3. The molecular formula is C56H111NO4. The summed E-state index contributed by atoms with van der Waals surface area (Å²) in [5.74, 6) is -0.497. The summed E-state index contributed by atoms with van der Waals surface area (Å²) in [6.45, 7) is 4.20. The lowest BCUT2D eigenvalue weighted by molar-refractivity contribution is -0.131. The zero-order chi connectivity index (χ0) is 44.4. The monoisotopic (exact) mass is 862 g/mol. The summed E-state index contributed by atoms with van der Waals surface area (Å²) < 4.78 is 0. The van der Waals surface area contributed by atoms with E-state index in [1.807, 2.05) is 6.08 Å². The molecule has 0 radical (unpaired) electrons. The molecule has 61 heavy (non-hydrogen) atoms. The van der Waals surface area contributed by atoms with Crippen LogP contribution in [0.5, 0.6) is 0 Å². The molecule has 0 spiro atoms. The van der Waals surface area contributed by atoms with Crippen molar-refractivity contribution in [3.63, 3.8) is 0 Å². The predicted octanol–water partition coefficient (Wildman–Crippen LogP) is 17.1. The summed E-state index contributed by atoms with van der Waals surface area (Å²) in [6.07, 6.45) is 64.5. The highest BCUT2D eigenvalue weighted by molar-refractivity contribution is 5.80. The summed E-state index contributed by atoms with van der Waals surface area (Å²) in [5.41, 5.74) is 0. The van der Waals surface area contributed by atoms with E-state index in [1.165, 1.54) is 263 Å². The number of allylic oxidation sites excluding steroid dienone is 1. The van der Waals surface area contributed by atoms with Crippen molar-refractivity contribution < 1.29 is 20.1 Å². The Balaban J connectivity index is 3.44. The van der Waals surface area contributed by atoms with Gasteiger partial charge in [0.25, 0.3) is 0 Å². The minimum absolute atomic E-state index is 0.359. The van der Waals surface area contributed by atoms with E-state index in [-0.39, 0.29) is 6.61 Å². The molecule has 0 aliphatic heterocycles. The van der Waals surface area contributed by atoms with E-state index in [1.54, 1.807) is 6.08 Å². The predicted molar refractivity (Wildman–Crippen MR) is 269 cm³/mol. The number of aliphatic hydroxyl groups excluding tert-OH is 3. The number of carbonyl (C=O) groups is 1. The molecule has 1 amide bonds. The maximum atomic E-state index is 12.5. The van der Waals surface area contributed by atoms with Crippen LogP contribution in [0.15, 0.2) is 12.2 Å². The van der Waals surface area contributed by atoms with Crippen molar-refractivity contribution in [1.29, 1.82) is 0 Å². The molecule has 0 aliphatic rings. The Bertz CT molecular complexity index is 864. The third kappa shape index (κ3) is 46.9. The fourth-order valence-electron chi connectivity index (χ4n) is 9.01. The topological polar surface area (TPSA) is 89.8 Å². The van der Waals surface area contributed by atoms with Crippen LogP contribution in [0.2, 0.25) is 0 Å². The number of rotatable bonds is 52. The van der Waals surface area contributed by atoms with Gasteiger partial charge in [-0.3, -0.25) is 4.79 Å². The first-order chi connectivity index (χ1) is 30.1. The largest absolute Gasteiger partial charge is 0.394 e. The molecule has 3 unspecified atom stereocenters. The van der Waals surface area contributed by atoms with Gasteiger partial charge in [0.15, 0.2) is 0 Å². The number of hydrogen-bond donors (Lipinski definition) is 4. The molecule has 0 aromatic rings. The first-order valence-corrected chi connectivity index (χ1v) is 28.0. The standard InChI is InChI=1S/C56H111NO4/c1-3-5-7-9-11-13-15-17-18-19-20-21-22-23-24-25-26-27-28-29-30-31-32-33-34-35-36-37-39-41-43-45-47-49-51-55(60)56(61)57-53(52-58)54(59)50-48-46-44-42-40-38-16-14-12-10-8-6-4-2/h48,50,53-55,58-60H,3-47,49,51-52H2,1-2H3,(H,57,61)/b50-48+. The quantitative estimate of drug-likeness (QED) is 0.0362. The lowest BCUT2D eigenvalue weighted by atomic mass is 10.0. The van der Waals surface area contributed by atoms with Gasteiger partial charge in [0.1, 0.15) is 6.10 Å². The fraction of sp³-hybridized carbons (Fsp3) is 0.946. The van der Waals surface area contributed by atoms with E-state index in [0.717, 1.165) is 32.1 Å². The molecule has 4 N–H and O–H groups in total. The molecule has 364 valence electrons. The van der Waals surface area contributed by atoms with Crippen molar-refractivity contribution >= 4 is 5.91 Å². The number of amides is 1. The molecule has 5 heteroatoms. The zero-order valence-corrected chi connectivity index (χ0v) is 41.6. The molecule has 0 heterocycles.